The van der Waals surface area contributed by atoms with Gasteiger partial charge in [0.2, 0.25) is 5.91 Å². The van der Waals surface area contributed by atoms with Gasteiger partial charge in [-0.2, -0.15) is 0 Å². The maximum atomic E-state index is 11.3. The molecule has 1 aromatic rings. The summed E-state index contributed by atoms with van der Waals surface area (Å²) in [6.45, 7) is 1.46. The van der Waals surface area contributed by atoms with Crippen molar-refractivity contribution >= 4 is 17.6 Å². The lowest BCUT2D eigenvalue weighted by atomic mass is 10.1. The molecule has 5 heteroatoms. The minimum atomic E-state index is -0.740. The van der Waals surface area contributed by atoms with Gasteiger partial charge in [-0.05, 0) is 36.6 Å². The normalized spacial score (nSPS) is 22.3. The molecule has 100 valence electrons. The smallest absolute Gasteiger partial charge is 0.320 e. The molecule has 3 rings (SSSR count). The first-order chi connectivity index (χ1) is 9.13. The summed E-state index contributed by atoms with van der Waals surface area (Å²) in [7, 11) is 0. The summed E-state index contributed by atoms with van der Waals surface area (Å²) in [6, 6.07) is 5.50. The standard InChI is InChI=1S/C14H16N2O3/c17-13-7-10-6-9(3-4-11(10)15-13)8-16-5-1-2-12(16)14(18)19/h3-4,6,12H,1-2,5,7-8H2,(H,15,17)(H,18,19). The van der Waals surface area contributed by atoms with Gasteiger partial charge in [-0.1, -0.05) is 12.1 Å². The van der Waals surface area contributed by atoms with Crippen molar-refractivity contribution in [1.82, 2.24) is 4.90 Å². The number of hydrogen-bond donors (Lipinski definition) is 2. The molecule has 0 aromatic heterocycles. The van der Waals surface area contributed by atoms with Crippen molar-refractivity contribution in [3.05, 3.63) is 29.3 Å². The van der Waals surface area contributed by atoms with Gasteiger partial charge in [0, 0.05) is 12.2 Å². The highest BCUT2D eigenvalue weighted by molar-refractivity contribution is 5.99. The van der Waals surface area contributed by atoms with Crippen LogP contribution in [0.2, 0.25) is 0 Å². The highest BCUT2D eigenvalue weighted by Crippen LogP contribution is 2.26. The Kier molecular flexibility index (Phi) is 2.98. The molecule has 0 bridgehead atoms. The Balaban J connectivity index is 1.76. The summed E-state index contributed by atoms with van der Waals surface area (Å²) in [5.41, 5.74) is 2.96. The zero-order valence-electron chi connectivity index (χ0n) is 10.6. The lowest BCUT2D eigenvalue weighted by molar-refractivity contribution is -0.142. The number of rotatable bonds is 3. The molecule has 1 fully saturated rings. The number of carboxylic acids is 1. The summed E-state index contributed by atoms with van der Waals surface area (Å²) in [6.07, 6.45) is 2.08. The molecule has 2 aliphatic rings. The van der Waals surface area contributed by atoms with Gasteiger partial charge in [-0.15, -0.1) is 0 Å². The minimum absolute atomic E-state index is 0.0248. The molecule has 1 aromatic carbocycles. The number of fused-ring (bicyclic) bond motifs is 1. The zero-order chi connectivity index (χ0) is 13.4. The highest BCUT2D eigenvalue weighted by Gasteiger charge is 2.30. The van der Waals surface area contributed by atoms with Crippen LogP contribution in [0.4, 0.5) is 5.69 Å². The number of aliphatic carboxylic acids is 1. The number of anilines is 1. The van der Waals surface area contributed by atoms with Gasteiger partial charge in [0.1, 0.15) is 6.04 Å². The van der Waals surface area contributed by atoms with Crippen LogP contribution < -0.4 is 5.32 Å². The summed E-state index contributed by atoms with van der Waals surface area (Å²) in [5, 5.41) is 12.0. The van der Waals surface area contributed by atoms with Crippen LogP contribution in [0.3, 0.4) is 0 Å². The quantitative estimate of drug-likeness (QED) is 0.857. The third kappa shape index (κ3) is 2.33. The van der Waals surface area contributed by atoms with Crippen LogP contribution in [-0.4, -0.2) is 34.5 Å². The van der Waals surface area contributed by atoms with Crippen LogP contribution >= 0.6 is 0 Å². The van der Waals surface area contributed by atoms with E-state index in [2.05, 4.69) is 5.32 Å². The third-order valence-electron chi connectivity index (χ3n) is 3.83. The Labute approximate surface area is 111 Å². The summed E-state index contributed by atoms with van der Waals surface area (Å²) >= 11 is 0. The van der Waals surface area contributed by atoms with E-state index in [1.54, 1.807) is 0 Å². The van der Waals surface area contributed by atoms with Gasteiger partial charge in [0.15, 0.2) is 0 Å². The van der Waals surface area contributed by atoms with Crippen molar-refractivity contribution in [3.8, 4) is 0 Å². The molecule has 0 aliphatic carbocycles. The zero-order valence-corrected chi connectivity index (χ0v) is 10.6. The Morgan fingerprint density at radius 1 is 1.47 bits per heavy atom. The number of carbonyl (C=O) groups excluding carboxylic acids is 1. The Morgan fingerprint density at radius 2 is 2.32 bits per heavy atom. The number of benzene rings is 1. The first kappa shape index (κ1) is 12.2. The molecule has 1 unspecified atom stereocenters. The van der Waals surface area contributed by atoms with E-state index in [1.165, 1.54) is 0 Å². The number of hydrogen-bond acceptors (Lipinski definition) is 3. The maximum absolute atomic E-state index is 11.3. The molecule has 0 saturated carbocycles. The monoisotopic (exact) mass is 260 g/mol. The number of likely N-dealkylation sites (tertiary alicyclic amines) is 1. The SMILES string of the molecule is O=C1Cc2cc(CN3CCCC3C(=O)O)ccc2N1. The number of amides is 1. The van der Waals surface area contributed by atoms with Gasteiger partial charge >= 0.3 is 5.97 Å². The highest BCUT2D eigenvalue weighted by atomic mass is 16.4. The Hall–Kier alpha value is -1.88. The second kappa shape index (κ2) is 4.66. The van der Waals surface area contributed by atoms with E-state index in [-0.39, 0.29) is 11.9 Å². The molecule has 1 atom stereocenters. The van der Waals surface area contributed by atoms with Crippen LogP contribution in [-0.2, 0) is 22.6 Å². The number of nitrogens with one attached hydrogen (secondary N) is 1. The van der Waals surface area contributed by atoms with E-state index >= 15 is 0 Å². The molecule has 2 aliphatic heterocycles. The molecule has 2 N–H and O–H groups in total. The average molecular weight is 260 g/mol. The lowest BCUT2D eigenvalue weighted by Crippen LogP contribution is -2.35. The van der Waals surface area contributed by atoms with Crippen LogP contribution in [0.25, 0.3) is 0 Å². The number of carboxylic acid groups (broad SMARTS) is 1. The van der Waals surface area contributed by atoms with E-state index in [4.69, 9.17) is 5.11 Å². The largest absolute Gasteiger partial charge is 0.480 e. The van der Waals surface area contributed by atoms with Crippen molar-refractivity contribution in [3.63, 3.8) is 0 Å². The van der Waals surface area contributed by atoms with E-state index in [1.807, 2.05) is 23.1 Å². The van der Waals surface area contributed by atoms with Gasteiger partial charge in [-0.3, -0.25) is 14.5 Å². The molecule has 0 spiro atoms. The number of nitrogens with zero attached hydrogens (tertiary/aromatic N) is 1. The molecule has 0 radical (unpaired) electrons. The first-order valence-electron chi connectivity index (χ1n) is 6.52. The van der Waals surface area contributed by atoms with Gasteiger partial charge in [-0.25, -0.2) is 0 Å². The second-order valence-corrected chi connectivity index (χ2v) is 5.18. The lowest BCUT2D eigenvalue weighted by Gasteiger charge is -2.21. The fourth-order valence-corrected chi connectivity index (χ4v) is 2.91. The average Bonchev–Trinajstić information content (AvgIpc) is 2.94. The van der Waals surface area contributed by atoms with E-state index in [0.717, 1.165) is 36.2 Å². The Morgan fingerprint density at radius 3 is 3.11 bits per heavy atom. The summed E-state index contributed by atoms with van der Waals surface area (Å²) < 4.78 is 0. The van der Waals surface area contributed by atoms with E-state index in [0.29, 0.717) is 13.0 Å². The van der Waals surface area contributed by atoms with Crippen molar-refractivity contribution in [2.24, 2.45) is 0 Å². The third-order valence-corrected chi connectivity index (χ3v) is 3.83. The summed E-state index contributed by atoms with van der Waals surface area (Å²) in [5.74, 6) is -0.716. The number of carbonyl (C=O) groups is 2. The predicted molar refractivity (Wildman–Crippen MR) is 69.8 cm³/mol. The van der Waals surface area contributed by atoms with E-state index in [9.17, 15) is 9.59 Å². The predicted octanol–water partition coefficient (Wildman–Crippen LogP) is 1.23. The van der Waals surface area contributed by atoms with Crippen molar-refractivity contribution in [1.29, 1.82) is 0 Å². The topological polar surface area (TPSA) is 69.6 Å². The van der Waals surface area contributed by atoms with Crippen molar-refractivity contribution < 1.29 is 14.7 Å². The van der Waals surface area contributed by atoms with Crippen LogP contribution in [0, 0.1) is 0 Å². The second-order valence-electron chi connectivity index (χ2n) is 5.18. The van der Waals surface area contributed by atoms with E-state index < -0.39 is 5.97 Å². The van der Waals surface area contributed by atoms with Gasteiger partial charge < -0.3 is 10.4 Å². The molecule has 1 amide bonds. The summed E-state index contributed by atoms with van der Waals surface area (Å²) in [4.78, 5) is 24.4. The Bertz CT molecular complexity index is 541. The van der Waals surface area contributed by atoms with Crippen LogP contribution in [0.1, 0.15) is 24.0 Å². The minimum Gasteiger partial charge on any atom is -0.480 e. The van der Waals surface area contributed by atoms with Crippen molar-refractivity contribution in [2.45, 2.75) is 31.8 Å². The van der Waals surface area contributed by atoms with Gasteiger partial charge in [0.25, 0.3) is 0 Å². The molecule has 1 saturated heterocycles. The first-order valence-corrected chi connectivity index (χ1v) is 6.52. The van der Waals surface area contributed by atoms with Crippen LogP contribution in [0.15, 0.2) is 18.2 Å². The molecular weight excluding hydrogens is 244 g/mol. The molecule has 5 nitrogen and oxygen atoms in total. The van der Waals surface area contributed by atoms with Crippen LogP contribution in [0.5, 0.6) is 0 Å². The van der Waals surface area contributed by atoms with Gasteiger partial charge in [0.05, 0.1) is 6.42 Å². The fraction of sp³-hybridized carbons (Fsp3) is 0.429. The fourth-order valence-electron chi connectivity index (χ4n) is 2.91. The molecule has 2 heterocycles. The van der Waals surface area contributed by atoms with Crippen molar-refractivity contribution in [2.75, 3.05) is 11.9 Å². The molecular formula is C14H16N2O3. The maximum Gasteiger partial charge on any atom is 0.320 e. The molecule has 19 heavy (non-hydrogen) atoms.